The van der Waals surface area contributed by atoms with Crippen molar-refractivity contribution in [2.24, 2.45) is 0 Å². The van der Waals surface area contributed by atoms with Crippen molar-refractivity contribution in [1.29, 1.82) is 0 Å². The number of piperazine rings is 1. The normalized spacial score (nSPS) is 25.7. The first-order chi connectivity index (χ1) is 13.8. The van der Waals surface area contributed by atoms with E-state index in [4.69, 9.17) is 4.74 Å². The second-order valence-electron chi connectivity index (χ2n) is 8.40. The number of unbranched alkanes of at least 4 members (excludes halogenated alkanes) is 1. The molecular weight excluding hydrogens is 344 g/mol. The molecule has 3 saturated heterocycles. The number of ether oxygens (including phenoxy) is 1. The monoisotopic (exact) mass is 378 g/mol. The van der Waals surface area contributed by atoms with Crippen LogP contribution in [0.1, 0.15) is 43.7 Å². The third-order valence-corrected chi connectivity index (χ3v) is 6.40. The Balaban J connectivity index is 1.46. The molecule has 3 aliphatic heterocycles. The van der Waals surface area contributed by atoms with Gasteiger partial charge in [-0.3, -0.25) is 9.80 Å². The van der Waals surface area contributed by atoms with Crippen LogP contribution in [0.5, 0.6) is 0 Å². The van der Waals surface area contributed by atoms with E-state index in [9.17, 15) is 0 Å². The van der Waals surface area contributed by atoms with Gasteiger partial charge in [0.2, 0.25) is 0 Å². The Hall–Kier alpha value is -1.68. The zero-order chi connectivity index (χ0) is 19.2. The zero-order valence-corrected chi connectivity index (χ0v) is 17.2. The van der Waals surface area contributed by atoms with E-state index in [0.717, 1.165) is 19.7 Å². The van der Waals surface area contributed by atoms with E-state index in [-0.39, 0.29) is 0 Å². The van der Waals surface area contributed by atoms with Crippen molar-refractivity contribution in [3.8, 4) is 0 Å². The van der Waals surface area contributed by atoms with Gasteiger partial charge in [0, 0.05) is 31.7 Å². The molecule has 3 heterocycles. The lowest BCUT2D eigenvalue weighted by molar-refractivity contribution is -0.0475. The molecule has 0 spiro atoms. The lowest BCUT2D eigenvalue weighted by Crippen LogP contribution is -2.59. The summed E-state index contributed by atoms with van der Waals surface area (Å²) in [5.74, 6) is 0. The molecule has 3 nitrogen and oxygen atoms in total. The van der Waals surface area contributed by atoms with E-state index in [1.165, 1.54) is 49.9 Å². The van der Waals surface area contributed by atoms with Crippen molar-refractivity contribution in [3.63, 3.8) is 0 Å². The maximum Gasteiger partial charge on any atom is 0.0747 e. The SMILES string of the molecule is CCCCN1C[C@@H]2CC[C@@H](OCc3ccccc3)[C@H]1CN2Cc1ccccc1. The van der Waals surface area contributed by atoms with Crippen molar-refractivity contribution < 1.29 is 4.74 Å². The molecule has 0 saturated carbocycles. The van der Waals surface area contributed by atoms with E-state index in [1.807, 2.05) is 0 Å². The summed E-state index contributed by atoms with van der Waals surface area (Å²) in [7, 11) is 0. The van der Waals surface area contributed by atoms with E-state index < -0.39 is 0 Å². The first kappa shape index (κ1) is 19.6. The number of benzene rings is 2. The van der Waals surface area contributed by atoms with Gasteiger partial charge in [0.15, 0.2) is 0 Å². The topological polar surface area (TPSA) is 15.7 Å². The van der Waals surface area contributed by atoms with Crippen molar-refractivity contribution in [2.45, 2.75) is 63.9 Å². The summed E-state index contributed by atoms with van der Waals surface area (Å²) in [5.41, 5.74) is 2.71. The standard InChI is InChI=1S/C25H34N2O/c1-2-3-16-26-18-23-14-15-25(28-20-22-12-8-5-9-13-22)24(26)19-27(23)17-21-10-6-4-7-11-21/h4-13,23-25H,2-3,14-20H2,1H3/t23-,24+,25+/m0/s1. The van der Waals surface area contributed by atoms with Gasteiger partial charge in [-0.05, 0) is 36.9 Å². The highest BCUT2D eigenvalue weighted by Gasteiger charge is 2.41. The quantitative estimate of drug-likeness (QED) is 0.661. The van der Waals surface area contributed by atoms with Gasteiger partial charge in [-0.15, -0.1) is 0 Å². The van der Waals surface area contributed by atoms with Crippen LogP contribution >= 0.6 is 0 Å². The van der Waals surface area contributed by atoms with Gasteiger partial charge >= 0.3 is 0 Å². The molecule has 2 aromatic rings. The summed E-state index contributed by atoms with van der Waals surface area (Å²) in [5, 5.41) is 0. The molecule has 3 fully saturated rings. The predicted octanol–water partition coefficient (Wildman–Crippen LogP) is 4.72. The average molecular weight is 379 g/mol. The molecule has 0 N–H and O–H groups in total. The minimum absolute atomic E-state index is 0.336. The van der Waals surface area contributed by atoms with Crippen LogP contribution < -0.4 is 0 Å². The zero-order valence-electron chi connectivity index (χ0n) is 17.2. The summed E-state index contributed by atoms with van der Waals surface area (Å²) < 4.78 is 6.52. The Kier molecular flexibility index (Phi) is 6.79. The molecule has 150 valence electrons. The summed E-state index contributed by atoms with van der Waals surface area (Å²) in [6, 6.07) is 22.7. The smallest absolute Gasteiger partial charge is 0.0747 e. The molecule has 0 amide bonds. The van der Waals surface area contributed by atoms with E-state index in [2.05, 4.69) is 77.4 Å². The lowest BCUT2D eigenvalue weighted by atomic mass is 10.0. The number of hydrogen-bond acceptors (Lipinski definition) is 3. The Morgan fingerprint density at radius 1 is 0.857 bits per heavy atom. The minimum Gasteiger partial charge on any atom is -0.372 e. The summed E-state index contributed by atoms with van der Waals surface area (Å²) in [4.78, 5) is 5.45. The van der Waals surface area contributed by atoms with Crippen LogP contribution in [-0.4, -0.2) is 47.6 Å². The lowest BCUT2D eigenvalue weighted by Gasteiger charge is -2.45. The van der Waals surface area contributed by atoms with Crippen molar-refractivity contribution >= 4 is 0 Å². The van der Waals surface area contributed by atoms with Gasteiger partial charge in [-0.2, -0.15) is 0 Å². The Morgan fingerprint density at radius 2 is 1.57 bits per heavy atom. The van der Waals surface area contributed by atoms with Gasteiger partial charge in [-0.1, -0.05) is 74.0 Å². The van der Waals surface area contributed by atoms with Gasteiger partial charge in [0.1, 0.15) is 0 Å². The third kappa shape index (κ3) is 4.83. The first-order valence-electron chi connectivity index (χ1n) is 11.0. The molecule has 0 radical (unpaired) electrons. The Morgan fingerprint density at radius 3 is 2.29 bits per heavy atom. The van der Waals surface area contributed by atoms with Crippen LogP contribution in [0.15, 0.2) is 60.7 Å². The van der Waals surface area contributed by atoms with Crippen LogP contribution in [0.3, 0.4) is 0 Å². The van der Waals surface area contributed by atoms with Crippen LogP contribution in [0.2, 0.25) is 0 Å². The van der Waals surface area contributed by atoms with Crippen molar-refractivity contribution in [2.75, 3.05) is 19.6 Å². The maximum absolute atomic E-state index is 6.52. The maximum atomic E-state index is 6.52. The van der Waals surface area contributed by atoms with Crippen LogP contribution in [0.4, 0.5) is 0 Å². The highest BCUT2D eigenvalue weighted by Crippen LogP contribution is 2.31. The highest BCUT2D eigenvalue weighted by atomic mass is 16.5. The molecule has 28 heavy (non-hydrogen) atoms. The largest absolute Gasteiger partial charge is 0.372 e. The molecule has 0 aliphatic carbocycles. The van der Waals surface area contributed by atoms with Crippen LogP contribution in [0, 0.1) is 0 Å². The third-order valence-electron chi connectivity index (χ3n) is 6.40. The number of hydrogen-bond donors (Lipinski definition) is 0. The van der Waals surface area contributed by atoms with Gasteiger partial charge in [0.05, 0.1) is 12.7 Å². The summed E-state index contributed by atoms with van der Waals surface area (Å²) in [6.45, 7) is 7.62. The first-order valence-corrected chi connectivity index (χ1v) is 11.0. The number of fused-ring (bicyclic) bond motifs is 4. The molecule has 2 bridgehead atoms. The van der Waals surface area contributed by atoms with E-state index >= 15 is 0 Å². The molecule has 0 unspecified atom stereocenters. The second kappa shape index (κ2) is 9.69. The van der Waals surface area contributed by atoms with Crippen molar-refractivity contribution in [3.05, 3.63) is 71.8 Å². The fourth-order valence-electron chi connectivity index (χ4n) is 4.80. The molecule has 2 aromatic carbocycles. The number of rotatable bonds is 8. The van der Waals surface area contributed by atoms with Gasteiger partial charge in [-0.25, -0.2) is 0 Å². The van der Waals surface area contributed by atoms with E-state index in [1.54, 1.807) is 0 Å². The molecule has 3 heteroatoms. The molecule has 3 atom stereocenters. The van der Waals surface area contributed by atoms with Crippen LogP contribution in [0.25, 0.3) is 0 Å². The molecule has 3 aliphatic rings. The van der Waals surface area contributed by atoms with Crippen molar-refractivity contribution in [1.82, 2.24) is 9.80 Å². The fraction of sp³-hybridized carbons (Fsp3) is 0.520. The van der Waals surface area contributed by atoms with Crippen LogP contribution in [-0.2, 0) is 17.9 Å². The molecule has 5 rings (SSSR count). The Labute approximate surface area is 170 Å². The molecule has 0 aromatic heterocycles. The molecular formula is C25H34N2O. The summed E-state index contributed by atoms with van der Waals surface area (Å²) >= 11 is 0. The highest BCUT2D eigenvalue weighted by molar-refractivity contribution is 5.16. The minimum atomic E-state index is 0.336. The van der Waals surface area contributed by atoms with Gasteiger partial charge < -0.3 is 4.74 Å². The summed E-state index contributed by atoms with van der Waals surface area (Å²) in [6.07, 6.45) is 5.30. The van der Waals surface area contributed by atoms with E-state index in [0.29, 0.717) is 18.2 Å². The average Bonchev–Trinajstić information content (AvgIpc) is 3.01. The Bertz CT molecular complexity index is 705. The second-order valence-corrected chi connectivity index (χ2v) is 8.40. The number of nitrogens with zero attached hydrogens (tertiary/aromatic N) is 2. The predicted molar refractivity (Wildman–Crippen MR) is 115 cm³/mol. The fourth-order valence-corrected chi connectivity index (χ4v) is 4.80. The van der Waals surface area contributed by atoms with Gasteiger partial charge in [0.25, 0.3) is 0 Å².